The molecule has 0 aromatic rings. The zero-order valence-corrected chi connectivity index (χ0v) is 9.32. The third kappa shape index (κ3) is 1.79. The van der Waals surface area contributed by atoms with Gasteiger partial charge in [-0.2, -0.15) is 0 Å². The Morgan fingerprint density at radius 3 is 2.14 bits per heavy atom. The van der Waals surface area contributed by atoms with Gasteiger partial charge in [-0.1, -0.05) is 12.2 Å². The van der Waals surface area contributed by atoms with Gasteiger partial charge in [0.15, 0.2) is 0 Å². The molecule has 0 spiro atoms. The highest BCUT2D eigenvalue weighted by atomic mass is 16.1. The fourth-order valence-electron chi connectivity index (χ4n) is 1.78. The molecule has 0 amide bonds. The van der Waals surface area contributed by atoms with E-state index in [2.05, 4.69) is 15.9 Å². The highest BCUT2D eigenvalue weighted by Gasteiger charge is 2.32. The van der Waals surface area contributed by atoms with Crippen LogP contribution in [0.2, 0.25) is 0 Å². The monoisotopic (exact) mass is 194 g/mol. The van der Waals surface area contributed by atoms with Gasteiger partial charge in [-0.25, -0.2) is 0 Å². The summed E-state index contributed by atoms with van der Waals surface area (Å²) in [5.74, 6) is 0. The zero-order valence-electron chi connectivity index (χ0n) is 9.32. The molecule has 0 bridgehead atoms. The highest BCUT2D eigenvalue weighted by molar-refractivity contribution is 5.78. The second-order valence-corrected chi connectivity index (χ2v) is 4.03. The van der Waals surface area contributed by atoms with Gasteiger partial charge in [0.05, 0.1) is 5.66 Å². The first kappa shape index (κ1) is 11.1. The largest absolute Gasteiger partial charge is 0.298 e. The third-order valence-corrected chi connectivity index (χ3v) is 2.87. The van der Waals surface area contributed by atoms with E-state index in [1.807, 2.05) is 40.3 Å². The Bertz CT molecular complexity index is 269. The Morgan fingerprint density at radius 1 is 1.29 bits per heavy atom. The molecule has 0 N–H and O–H groups in total. The molecule has 3 heteroatoms. The van der Waals surface area contributed by atoms with Crippen LogP contribution in [-0.4, -0.2) is 49.9 Å². The van der Waals surface area contributed by atoms with E-state index in [1.165, 1.54) is 0 Å². The minimum absolute atomic E-state index is 0.0908. The summed E-state index contributed by atoms with van der Waals surface area (Å²) < 4.78 is 0. The lowest BCUT2D eigenvalue weighted by Crippen LogP contribution is -2.54. The molecule has 0 radical (unpaired) electrons. The van der Waals surface area contributed by atoms with Gasteiger partial charge in [0.25, 0.3) is 0 Å². The number of carbonyl (C=O) groups is 1. The summed E-state index contributed by atoms with van der Waals surface area (Å²) in [5, 5.41) is 0. The number of rotatable bonds is 3. The predicted molar refractivity (Wildman–Crippen MR) is 58.0 cm³/mol. The molecule has 78 valence electrons. The van der Waals surface area contributed by atoms with E-state index in [0.29, 0.717) is 0 Å². The van der Waals surface area contributed by atoms with Gasteiger partial charge in [0, 0.05) is 12.0 Å². The SMILES string of the molecule is CN(C)C1(N(C)C)C=CC(C=O)=CC1. The molecule has 3 nitrogen and oxygen atoms in total. The molecule has 14 heavy (non-hydrogen) atoms. The molecular weight excluding hydrogens is 176 g/mol. The Balaban J connectivity index is 2.93. The Labute approximate surface area is 85.7 Å². The van der Waals surface area contributed by atoms with Gasteiger partial charge in [0.1, 0.15) is 6.29 Å². The molecular formula is C11H18N2O. The summed E-state index contributed by atoms with van der Waals surface area (Å²) in [5.41, 5.74) is 0.677. The lowest BCUT2D eigenvalue weighted by Gasteiger charge is -2.43. The van der Waals surface area contributed by atoms with Crippen molar-refractivity contribution in [3.05, 3.63) is 23.8 Å². The van der Waals surface area contributed by atoms with Crippen molar-refractivity contribution in [2.75, 3.05) is 28.2 Å². The van der Waals surface area contributed by atoms with Crippen molar-refractivity contribution < 1.29 is 4.79 Å². The summed E-state index contributed by atoms with van der Waals surface area (Å²) in [7, 11) is 8.18. The van der Waals surface area contributed by atoms with Crippen molar-refractivity contribution in [1.29, 1.82) is 0 Å². The molecule has 1 aliphatic carbocycles. The highest BCUT2D eigenvalue weighted by Crippen LogP contribution is 2.26. The second kappa shape index (κ2) is 4.07. The average molecular weight is 194 g/mol. The molecule has 1 aliphatic rings. The average Bonchev–Trinajstić information content (AvgIpc) is 2.17. The lowest BCUT2D eigenvalue weighted by atomic mass is 9.95. The first-order valence-corrected chi connectivity index (χ1v) is 4.72. The molecule has 0 aromatic heterocycles. The van der Waals surface area contributed by atoms with Crippen LogP contribution in [0.15, 0.2) is 23.8 Å². The standard InChI is InChI=1S/C11H18N2O/c1-12(2)11(13(3)4)7-5-10(9-14)6-8-11/h5-7,9H,8H2,1-4H3. The van der Waals surface area contributed by atoms with Crippen LogP contribution < -0.4 is 0 Å². The Hall–Kier alpha value is -0.930. The predicted octanol–water partition coefficient (Wildman–Crippen LogP) is 0.891. The van der Waals surface area contributed by atoms with Crippen molar-refractivity contribution in [1.82, 2.24) is 9.80 Å². The molecule has 0 saturated heterocycles. The number of allylic oxidation sites excluding steroid dienone is 2. The van der Waals surface area contributed by atoms with E-state index in [9.17, 15) is 4.79 Å². The third-order valence-electron chi connectivity index (χ3n) is 2.87. The van der Waals surface area contributed by atoms with E-state index in [0.717, 1.165) is 18.3 Å². The van der Waals surface area contributed by atoms with Crippen molar-refractivity contribution in [3.63, 3.8) is 0 Å². The zero-order chi connectivity index (χ0) is 10.8. The number of carbonyl (C=O) groups excluding carboxylic acids is 1. The molecule has 0 unspecified atom stereocenters. The van der Waals surface area contributed by atoms with Crippen LogP contribution in [0.5, 0.6) is 0 Å². The molecule has 0 aliphatic heterocycles. The van der Waals surface area contributed by atoms with E-state index in [1.54, 1.807) is 0 Å². The first-order valence-electron chi connectivity index (χ1n) is 4.72. The van der Waals surface area contributed by atoms with E-state index >= 15 is 0 Å². The van der Waals surface area contributed by atoms with Gasteiger partial charge < -0.3 is 0 Å². The van der Waals surface area contributed by atoms with Crippen molar-refractivity contribution >= 4 is 6.29 Å². The second-order valence-electron chi connectivity index (χ2n) is 4.03. The molecule has 0 saturated carbocycles. The summed E-state index contributed by atoms with van der Waals surface area (Å²) >= 11 is 0. The van der Waals surface area contributed by atoms with Crippen LogP contribution in [0.1, 0.15) is 6.42 Å². The fraction of sp³-hybridized carbons (Fsp3) is 0.545. The Kier molecular flexibility index (Phi) is 3.24. The van der Waals surface area contributed by atoms with Crippen LogP contribution in [0.3, 0.4) is 0 Å². The number of aldehydes is 1. The van der Waals surface area contributed by atoms with Gasteiger partial charge in [-0.15, -0.1) is 0 Å². The summed E-state index contributed by atoms with van der Waals surface area (Å²) in [4.78, 5) is 14.9. The normalized spacial score (nSPS) is 20.0. The first-order chi connectivity index (χ1) is 6.53. The van der Waals surface area contributed by atoms with Crippen LogP contribution in [-0.2, 0) is 4.79 Å². The smallest absolute Gasteiger partial charge is 0.149 e. The van der Waals surface area contributed by atoms with Crippen LogP contribution >= 0.6 is 0 Å². The van der Waals surface area contributed by atoms with Gasteiger partial charge in [-0.3, -0.25) is 14.6 Å². The number of hydrogen-bond donors (Lipinski definition) is 0. The van der Waals surface area contributed by atoms with Gasteiger partial charge in [-0.05, 0) is 34.3 Å². The fourth-order valence-corrected chi connectivity index (χ4v) is 1.78. The quantitative estimate of drug-likeness (QED) is 0.492. The maximum absolute atomic E-state index is 10.6. The number of hydrogen-bond acceptors (Lipinski definition) is 3. The van der Waals surface area contributed by atoms with Crippen molar-refractivity contribution in [2.24, 2.45) is 0 Å². The molecule has 1 rings (SSSR count). The summed E-state index contributed by atoms with van der Waals surface area (Å²) in [6, 6.07) is 0. The van der Waals surface area contributed by atoms with E-state index in [4.69, 9.17) is 0 Å². The lowest BCUT2D eigenvalue weighted by molar-refractivity contribution is -0.104. The summed E-state index contributed by atoms with van der Waals surface area (Å²) in [6.07, 6.45) is 7.68. The topological polar surface area (TPSA) is 23.6 Å². The van der Waals surface area contributed by atoms with Gasteiger partial charge >= 0.3 is 0 Å². The maximum atomic E-state index is 10.6. The molecule has 0 heterocycles. The molecule has 0 atom stereocenters. The minimum Gasteiger partial charge on any atom is -0.298 e. The van der Waals surface area contributed by atoms with E-state index in [-0.39, 0.29) is 5.66 Å². The number of nitrogens with zero attached hydrogens (tertiary/aromatic N) is 2. The molecule has 0 fully saturated rings. The van der Waals surface area contributed by atoms with Crippen LogP contribution in [0, 0.1) is 0 Å². The van der Waals surface area contributed by atoms with Crippen LogP contribution in [0.25, 0.3) is 0 Å². The van der Waals surface area contributed by atoms with E-state index < -0.39 is 0 Å². The summed E-state index contributed by atoms with van der Waals surface area (Å²) in [6.45, 7) is 0. The van der Waals surface area contributed by atoms with Gasteiger partial charge in [0.2, 0.25) is 0 Å². The minimum atomic E-state index is -0.0908. The Morgan fingerprint density at radius 2 is 1.86 bits per heavy atom. The van der Waals surface area contributed by atoms with Crippen LogP contribution in [0.4, 0.5) is 0 Å². The molecule has 0 aromatic carbocycles. The van der Waals surface area contributed by atoms with Crippen molar-refractivity contribution in [3.8, 4) is 0 Å². The van der Waals surface area contributed by atoms with Crippen molar-refractivity contribution in [2.45, 2.75) is 12.1 Å². The maximum Gasteiger partial charge on any atom is 0.149 e. The number of likely N-dealkylation sites (N-methyl/N-ethyl adjacent to an activating group) is 2.